The molecule has 3 aromatic carbocycles. The summed E-state index contributed by atoms with van der Waals surface area (Å²) in [6.07, 6.45) is 1.23. The van der Waals surface area contributed by atoms with Crippen LogP contribution in [0.2, 0.25) is 0 Å². The molecule has 190 valence electrons. The summed E-state index contributed by atoms with van der Waals surface area (Å²) in [4.78, 5) is 28.9. The number of nitrogens with one attached hydrogen (secondary N) is 1. The lowest BCUT2D eigenvalue weighted by Crippen LogP contribution is -2.53. The van der Waals surface area contributed by atoms with Gasteiger partial charge < -0.3 is 15.0 Å². The van der Waals surface area contributed by atoms with Gasteiger partial charge in [0.25, 0.3) is 5.91 Å². The van der Waals surface area contributed by atoms with E-state index >= 15 is 0 Å². The number of nitrogens with zero attached hydrogens (tertiary/aromatic N) is 1. The number of benzene rings is 3. The lowest BCUT2D eigenvalue weighted by atomic mass is 10.0. The molecule has 0 radical (unpaired) electrons. The van der Waals surface area contributed by atoms with Crippen LogP contribution in [0.25, 0.3) is 0 Å². The van der Waals surface area contributed by atoms with E-state index in [2.05, 4.69) is 11.4 Å². The molecule has 0 aliphatic rings. The predicted molar refractivity (Wildman–Crippen MR) is 145 cm³/mol. The Morgan fingerprint density at radius 2 is 1.50 bits per heavy atom. The molecule has 5 heteroatoms. The summed E-state index contributed by atoms with van der Waals surface area (Å²) in [5, 5.41) is 3.10. The standard InChI is InChI=1S/C31H38N2O3/c1-6-25(5)32-31(35)29(19-26-10-8-7-9-11-26)33(20-27-14-12-22(2)13-15-27)30(34)21-36-28-17-23(3)16-24(4)18-28/h7-18,25,29H,6,19-21H2,1-5H3,(H,32,35)/t25-,29-/m0/s1. The van der Waals surface area contributed by atoms with Gasteiger partial charge in [0.15, 0.2) is 6.61 Å². The molecule has 0 aliphatic carbocycles. The van der Waals surface area contributed by atoms with Crippen molar-refractivity contribution >= 4 is 11.8 Å². The fourth-order valence-electron chi connectivity index (χ4n) is 4.13. The van der Waals surface area contributed by atoms with Gasteiger partial charge in [-0.3, -0.25) is 9.59 Å². The molecule has 2 atom stereocenters. The van der Waals surface area contributed by atoms with Crippen LogP contribution in [-0.2, 0) is 22.6 Å². The van der Waals surface area contributed by atoms with E-state index in [1.54, 1.807) is 4.90 Å². The van der Waals surface area contributed by atoms with Crippen LogP contribution in [0.3, 0.4) is 0 Å². The Morgan fingerprint density at radius 3 is 2.11 bits per heavy atom. The number of carbonyl (C=O) groups excluding carboxylic acids is 2. The molecule has 5 nitrogen and oxygen atoms in total. The normalized spacial score (nSPS) is 12.5. The van der Waals surface area contributed by atoms with E-state index < -0.39 is 6.04 Å². The highest BCUT2D eigenvalue weighted by Crippen LogP contribution is 2.19. The highest BCUT2D eigenvalue weighted by atomic mass is 16.5. The first-order valence-electron chi connectivity index (χ1n) is 12.7. The molecule has 36 heavy (non-hydrogen) atoms. The number of amides is 2. The van der Waals surface area contributed by atoms with E-state index in [-0.39, 0.29) is 24.5 Å². The Morgan fingerprint density at radius 1 is 0.861 bits per heavy atom. The Kier molecular flexibility index (Phi) is 9.69. The molecule has 2 amide bonds. The van der Waals surface area contributed by atoms with Crippen molar-refractivity contribution in [3.63, 3.8) is 0 Å². The quantitative estimate of drug-likeness (QED) is 0.387. The molecular formula is C31H38N2O3. The highest BCUT2D eigenvalue weighted by Gasteiger charge is 2.31. The Bertz CT molecular complexity index is 1120. The Labute approximate surface area is 215 Å². The van der Waals surface area contributed by atoms with E-state index in [1.165, 1.54) is 0 Å². The Hall–Kier alpha value is -3.60. The zero-order chi connectivity index (χ0) is 26.1. The molecular weight excluding hydrogens is 448 g/mol. The first kappa shape index (κ1) is 27.0. The van der Waals surface area contributed by atoms with Crippen molar-refractivity contribution < 1.29 is 14.3 Å². The van der Waals surface area contributed by atoms with Crippen LogP contribution in [0.15, 0.2) is 72.8 Å². The molecule has 1 N–H and O–H groups in total. The lowest BCUT2D eigenvalue weighted by Gasteiger charge is -2.32. The van der Waals surface area contributed by atoms with Crippen molar-refractivity contribution in [2.24, 2.45) is 0 Å². The van der Waals surface area contributed by atoms with Crippen molar-refractivity contribution in [1.82, 2.24) is 10.2 Å². The molecule has 0 fully saturated rings. The molecule has 0 unspecified atom stereocenters. The van der Waals surface area contributed by atoms with Crippen LogP contribution in [0, 0.1) is 20.8 Å². The smallest absolute Gasteiger partial charge is 0.261 e. The maximum Gasteiger partial charge on any atom is 0.261 e. The van der Waals surface area contributed by atoms with Gasteiger partial charge in [0.1, 0.15) is 11.8 Å². The van der Waals surface area contributed by atoms with E-state index in [0.717, 1.165) is 34.2 Å². The van der Waals surface area contributed by atoms with Crippen LogP contribution < -0.4 is 10.1 Å². The second kappa shape index (κ2) is 12.9. The topological polar surface area (TPSA) is 58.6 Å². The van der Waals surface area contributed by atoms with Gasteiger partial charge in [-0.05, 0) is 68.5 Å². The molecule has 0 aromatic heterocycles. The number of rotatable bonds is 11. The number of ether oxygens (including phenoxy) is 1. The fraction of sp³-hybridized carbons (Fsp3) is 0.355. The fourth-order valence-corrected chi connectivity index (χ4v) is 4.13. The minimum atomic E-state index is -0.668. The third-order valence-electron chi connectivity index (χ3n) is 6.30. The summed E-state index contributed by atoms with van der Waals surface area (Å²) in [5.74, 6) is 0.273. The lowest BCUT2D eigenvalue weighted by molar-refractivity contribution is -0.143. The summed E-state index contributed by atoms with van der Waals surface area (Å²) in [6, 6.07) is 23.1. The maximum atomic E-state index is 13.7. The van der Waals surface area contributed by atoms with Gasteiger partial charge in [0, 0.05) is 19.0 Å². The highest BCUT2D eigenvalue weighted by molar-refractivity contribution is 5.88. The second-order valence-corrected chi connectivity index (χ2v) is 9.64. The molecule has 0 heterocycles. The van der Waals surface area contributed by atoms with E-state index in [0.29, 0.717) is 18.7 Å². The third kappa shape index (κ3) is 7.98. The van der Waals surface area contributed by atoms with Crippen LogP contribution >= 0.6 is 0 Å². The molecule has 0 spiro atoms. The summed E-state index contributed by atoms with van der Waals surface area (Å²) in [6.45, 7) is 10.2. The van der Waals surface area contributed by atoms with Crippen LogP contribution in [-0.4, -0.2) is 35.4 Å². The molecule has 3 aromatic rings. The van der Waals surface area contributed by atoms with Gasteiger partial charge in [-0.2, -0.15) is 0 Å². The zero-order valence-electron chi connectivity index (χ0n) is 22.1. The monoisotopic (exact) mass is 486 g/mol. The van der Waals surface area contributed by atoms with Crippen LogP contribution in [0.1, 0.15) is 48.1 Å². The van der Waals surface area contributed by atoms with Gasteiger partial charge in [-0.1, -0.05) is 73.2 Å². The number of carbonyl (C=O) groups is 2. The van der Waals surface area contributed by atoms with E-state index in [9.17, 15) is 9.59 Å². The third-order valence-corrected chi connectivity index (χ3v) is 6.30. The average Bonchev–Trinajstić information content (AvgIpc) is 2.85. The molecule has 0 saturated heterocycles. The number of aryl methyl sites for hydroxylation is 3. The first-order valence-corrected chi connectivity index (χ1v) is 12.7. The first-order chi connectivity index (χ1) is 17.2. The zero-order valence-corrected chi connectivity index (χ0v) is 22.1. The second-order valence-electron chi connectivity index (χ2n) is 9.64. The molecule has 3 rings (SSSR count). The summed E-state index contributed by atoms with van der Waals surface area (Å²) in [7, 11) is 0. The number of hydrogen-bond acceptors (Lipinski definition) is 3. The average molecular weight is 487 g/mol. The Balaban J connectivity index is 1.91. The van der Waals surface area contributed by atoms with Crippen molar-refractivity contribution in [2.45, 2.75) is 66.1 Å². The van der Waals surface area contributed by atoms with Crippen molar-refractivity contribution in [1.29, 1.82) is 0 Å². The molecule has 0 bridgehead atoms. The van der Waals surface area contributed by atoms with Crippen molar-refractivity contribution in [3.05, 3.63) is 101 Å². The maximum absolute atomic E-state index is 13.7. The van der Waals surface area contributed by atoms with Gasteiger partial charge in [0.05, 0.1) is 0 Å². The van der Waals surface area contributed by atoms with Crippen LogP contribution in [0.4, 0.5) is 0 Å². The van der Waals surface area contributed by atoms with Gasteiger partial charge in [-0.15, -0.1) is 0 Å². The van der Waals surface area contributed by atoms with Gasteiger partial charge in [0.2, 0.25) is 5.91 Å². The summed E-state index contributed by atoms with van der Waals surface area (Å²) in [5.41, 5.74) is 5.26. The predicted octanol–water partition coefficient (Wildman–Crippen LogP) is 5.55. The van der Waals surface area contributed by atoms with Gasteiger partial charge in [-0.25, -0.2) is 0 Å². The van der Waals surface area contributed by atoms with E-state index in [4.69, 9.17) is 4.74 Å². The van der Waals surface area contributed by atoms with E-state index in [1.807, 2.05) is 101 Å². The molecule has 0 saturated carbocycles. The van der Waals surface area contributed by atoms with Gasteiger partial charge >= 0.3 is 0 Å². The SMILES string of the molecule is CC[C@H](C)NC(=O)[C@H](Cc1ccccc1)N(Cc1ccc(C)cc1)C(=O)COc1cc(C)cc(C)c1. The summed E-state index contributed by atoms with van der Waals surface area (Å²) >= 11 is 0. The minimum absolute atomic E-state index is 0.0126. The molecule has 0 aliphatic heterocycles. The van der Waals surface area contributed by atoms with Crippen molar-refractivity contribution in [2.75, 3.05) is 6.61 Å². The summed E-state index contributed by atoms with van der Waals surface area (Å²) < 4.78 is 5.93. The largest absolute Gasteiger partial charge is 0.484 e. The van der Waals surface area contributed by atoms with Crippen molar-refractivity contribution in [3.8, 4) is 5.75 Å². The number of hydrogen-bond donors (Lipinski definition) is 1. The minimum Gasteiger partial charge on any atom is -0.484 e. The van der Waals surface area contributed by atoms with Crippen LogP contribution in [0.5, 0.6) is 5.75 Å².